The van der Waals surface area contributed by atoms with E-state index >= 15 is 0 Å². The topological polar surface area (TPSA) is 86.8 Å². The predicted molar refractivity (Wildman–Crippen MR) is 115 cm³/mol. The fraction of sp³-hybridized carbons (Fsp3) is 0.333. The minimum Gasteiger partial charge on any atom is -0.372 e. The summed E-state index contributed by atoms with van der Waals surface area (Å²) in [5.74, 6) is -1.52. The second kappa shape index (κ2) is 8.24. The SMILES string of the molecule is CCN(CC)c1ccc(NC(=O)c2ccc(N3C(=O)[C@H](C)CS3(=O)=O)cc2)cc1. The van der Waals surface area contributed by atoms with Crippen molar-refractivity contribution in [1.82, 2.24) is 0 Å². The van der Waals surface area contributed by atoms with Gasteiger partial charge in [-0.25, -0.2) is 12.7 Å². The van der Waals surface area contributed by atoms with Crippen LogP contribution in [0.25, 0.3) is 0 Å². The molecule has 0 aromatic heterocycles. The van der Waals surface area contributed by atoms with E-state index in [4.69, 9.17) is 0 Å². The lowest BCUT2D eigenvalue weighted by Crippen LogP contribution is -2.30. The minimum absolute atomic E-state index is 0.197. The Morgan fingerprint density at radius 1 is 1.07 bits per heavy atom. The van der Waals surface area contributed by atoms with Crippen LogP contribution in [0.1, 0.15) is 31.1 Å². The first-order valence-electron chi connectivity index (χ1n) is 9.60. The number of carbonyl (C=O) groups excluding carboxylic acids is 2. The summed E-state index contributed by atoms with van der Waals surface area (Å²) >= 11 is 0. The highest BCUT2D eigenvalue weighted by Gasteiger charge is 2.41. The fourth-order valence-electron chi connectivity index (χ4n) is 3.38. The number of hydrogen-bond donors (Lipinski definition) is 1. The summed E-state index contributed by atoms with van der Waals surface area (Å²) in [4.78, 5) is 26.9. The van der Waals surface area contributed by atoms with Gasteiger partial charge in [-0.2, -0.15) is 0 Å². The normalized spacial score (nSPS) is 18.0. The molecule has 8 heteroatoms. The molecule has 154 valence electrons. The van der Waals surface area contributed by atoms with Gasteiger partial charge >= 0.3 is 0 Å². The highest BCUT2D eigenvalue weighted by molar-refractivity contribution is 7.94. The molecule has 0 saturated carbocycles. The molecular weight excluding hydrogens is 390 g/mol. The summed E-state index contributed by atoms with van der Waals surface area (Å²) in [6.07, 6.45) is 0. The molecular formula is C21H25N3O4S. The van der Waals surface area contributed by atoms with Crippen molar-refractivity contribution in [2.75, 3.05) is 33.4 Å². The summed E-state index contributed by atoms with van der Waals surface area (Å²) in [7, 11) is -3.66. The van der Waals surface area contributed by atoms with Gasteiger partial charge in [0.15, 0.2) is 0 Å². The molecule has 0 unspecified atom stereocenters. The van der Waals surface area contributed by atoms with Crippen LogP contribution >= 0.6 is 0 Å². The van der Waals surface area contributed by atoms with Gasteiger partial charge in [0, 0.05) is 30.0 Å². The van der Waals surface area contributed by atoms with Crippen molar-refractivity contribution >= 4 is 38.9 Å². The van der Waals surface area contributed by atoms with Gasteiger partial charge in [-0.15, -0.1) is 0 Å². The van der Waals surface area contributed by atoms with E-state index in [-0.39, 0.29) is 17.3 Å². The lowest BCUT2D eigenvalue weighted by atomic mass is 10.1. The number of hydrogen-bond acceptors (Lipinski definition) is 5. The summed E-state index contributed by atoms with van der Waals surface area (Å²) in [6.45, 7) is 7.58. The summed E-state index contributed by atoms with van der Waals surface area (Å²) in [6, 6.07) is 13.6. The first-order valence-corrected chi connectivity index (χ1v) is 11.2. The Bertz CT molecular complexity index is 997. The number of amides is 2. The molecule has 1 aliphatic heterocycles. The lowest BCUT2D eigenvalue weighted by Gasteiger charge is -2.21. The van der Waals surface area contributed by atoms with Crippen molar-refractivity contribution in [3.63, 3.8) is 0 Å². The number of nitrogens with zero attached hydrogens (tertiary/aromatic N) is 2. The first-order chi connectivity index (χ1) is 13.8. The molecule has 0 spiro atoms. The third-order valence-electron chi connectivity index (χ3n) is 4.98. The maximum atomic E-state index is 12.5. The first kappa shape index (κ1) is 20.9. The smallest absolute Gasteiger partial charge is 0.255 e. The van der Waals surface area contributed by atoms with E-state index < -0.39 is 21.8 Å². The van der Waals surface area contributed by atoms with E-state index in [0.29, 0.717) is 11.3 Å². The van der Waals surface area contributed by atoms with Gasteiger partial charge in [-0.1, -0.05) is 6.92 Å². The zero-order valence-electron chi connectivity index (χ0n) is 16.8. The number of benzene rings is 2. The van der Waals surface area contributed by atoms with Gasteiger partial charge in [0.25, 0.3) is 5.91 Å². The highest BCUT2D eigenvalue weighted by atomic mass is 32.2. The molecule has 1 aliphatic rings. The average Bonchev–Trinajstić information content (AvgIpc) is 2.91. The Balaban J connectivity index is 1.72. The Hall–Kier alpha value is -2.87. The van der Waals surface area contributed by atoms with Crippen molar-refractivity contribution in [2.45, 2.75) is 20.8 Å². The number of anilines is 3. The van der Waals surface area contributed by atoms with Gasteiger partial charge in [-0.05, 0) is 62.4 Å². The van der Waals surface area contributed by atoms with E-state index in [1.54, 1.807) is 6.92 Å². The second-order valence-corrected chi connectivity index (χ2v) is 8.86. The van der Waals surface area contributed by atoms with Crippen LogP contribution in [0.2, 0.25) is 0 Å². The highest BCUT2D eigenvalue weighted by Crippen LogP contribution is 2.28. The zero-order valence-corrected chi connectivity index (χ0v) is 17.6. The number of rotatable bonds is 6. The zero-order chi connectivity index (χ0) is 21.2. The largest absolute Gasteiger partial charge is 0.372 e. The van der Waals surface area contributed by atoms with Gasteiger partial charge in [0.05, 0.1) is 17.4 Å². The standard InChI is InChI=1S/C21H25N3O4S/c1-4-23(5-2)18-12-8-17(9-13-18)22-20(25)16-6-10-19(11-7-16)24-21(26)15(3)14-29(24,27)28/h6-13,15H,4-5,14H2,1-3H3,(H,22,25)/t15-/m1/s1. The molecule has 1 N–H and O–H groups in total. The van der Waals surface area contributed by atoms with Crippen molar-refractivity contribution in [3.8, 4) is 0 Å². The minimum atomic E-state index is -3.66. The van der Waals surface area contributed by atoms with Crippen LogP contribution in [0.3, 0.4) is 0 Å². The molecule has 0 bridgehead atoms. The van der Waals surface area contributed by atoms with Crippen LogP contribution < -0.4 is 14.5 Å². The van der Waals surface area contributed by atoms with E-state index in [0.717, 1.165) is 23.1 Å². The molecule has 7 nitrogen and oxygen atoms in total. The molecule has 0 aliphatic carbocycles. The lowest BCUT2D eigenvalue weighted by molar-refractivity contribution is -0.119. The second-order valence-electron chi connectivity index (χ2n) is 7.00. The van der Waals surface area contributed by atoms with E-state index in [1.807, 2.05) is 24.3 Å². The molecule has 29 heavy (non-hydrogen) atoms. The molecule has 1 saturated heterocycles. The van der Waals surface area contributed by atoms with Crippen LogP contribution in [0.4, 0.5) is 17.1 Å². The van der Waals surface area contributed by atoms with Gasteiger partial charge < -0.3 is 10.2 Å². The van der Waals surface area contributed by atoms with E-state index in [9.17, 15) is 18.0 Å². The van der Waals surface area contributed by atoms with Gasteiger partial charge in [-0.3, -0.25) is 9.59 Å². The van der Waals surface area contributed by atoms with Crippen LogP contribution in [0.5, 0.6) is 0 Å². The van der Waals surface area contributed by atoms with Crippen LogP contribution in [-0.2, 0) is 14.8 Å². The number of sulfonamides is 1. The van der Waals surface area contributed by atoms with Crippen LogP contribution in [-0.4, -0.2) is 39.1 Å². The Labute approximate surface area is 171 Å². The molecule has 1 fully saturated rings. The number of carbonyl (C=O) groups is 2. The fourth-order valence-corrected chi connectivity index (χ4v) is 5.20. The Morgan fingerprint density at radius 2 is 1.66 bits per heavy atom. The molecule has 2 amide bonds. The Morgan fingerprint density at radius 3 is 2.14 bits per heavy atom. The third-order valence-corrected chi connectivity index (χ3v) is 6.85. The van der Waals surface area contributed by atoms with Crippen molar-refractivity contribution in [1.29, 1.82) is 0 Å². The quantitative estimate of drug-likeness (QED) is 0.783. The molecule has 1 atom stereocenters. The van der Waals surface area contributed by atoms with Crippen LogP contribution in [0, 0.1) is 5.92 Å². The van der Waals surface area contributed by atoms with Crippen molar-refractivity contribution < 1.29 is 18.0 Å². The molecule has 1 heterocycles. The maximum Gasteiger partial charge on any atom is 0.255 e. The van der Waals surface area contributed by atoms with Gasteiger partial charge in [0.1, 0.15) is 0 Å². The summed E-state index contributed by atoms with van der Waals surface area (Å²) < 4.78 is 25.2. The van der Waals surface area contributed by atoms with Gasteiger partial charge in [0.2, 0.25) is 15.9 Å². The molecule has 2 aromatic carbocycles. The number of nitrogens with one attached hydrogen (secondary N) is 1. The average molecular weight is 416 g/mol. The molecule has 2 aromatic rings. The van der Waals surface area contributed by atoms with Crippen LogP contribution in [0.15, 0.2) is 48.5 Å². The van der Waals surface area contributed by atoms with E-state index in [1.165, 1.54) is 24.3 Å². The van der Waals surface area contributed by atoms with E-state index in [2.05, 4.69) is 24.1 Å². The maximum absolute atomic E-state index is 12.5. The van der Waals surface area contributed by atoms with Crippen molar-refractivity contribution in [3.05, 3.63) is 54.1 Å². The monoisotopic (exact) mass is 415 g/mol. The Kier molecular flexibility index (Phi) is 5.93. The predicted octanol–water partition coefficient (Wildman–Crippen LogP) is 3.10. The molecule has 0 radical (unpaired) electrons. The molecule has 3 rings (SSSR count). The summed E-state index contributed by atoms with van der Waals surface area (Å²) in [5.41, 5.74) is 2.38. The third kappa shape index (κ3) is 4.27. The van der Waals surface area contributed by atoms with Crippen molar-refractivity contribution in [2.24, 2.45) is 5.92 Å². The summed E-state index contributed by atoms with van der Waals surface area (Å²) in [5, 5.41) is 2.83.